The Labute approximate surface area is 77.6 Å². The lowest BCUT2D eigenvalue weighted by molar-refractivity contribution is 0.101. The predicted molar refractivity (Wildman–Crippen MR) is 51.2 cm³/mol. The number of benzene rings is 1. The summed E-state index contributed by atoms with van der Waals surface area (Å²) in [7, 11) is 0. The van der Waals surface area contributed by atoms with Crippen LogP contribution >= 0.6 is 0 Å². The van der Waals surface area contributed by atoms with Gasteiger partial charge >= 0.3 is 0 Å². The van der Waals surface area contributed by atoms with Crippen molar-refractivity contribution in [2.24, 2.45) is 0 Å². The van der Waals surface area contributed by atoms with Gasteiger partial charge in [-0.15, -0.1) is 0 Å². The number of hydrogen-bond acceptors (Lipinski definition) is 2. The summed E-state index contributed by atoms with van der Waals surface area (Å²) in [4.78, 5) is 21.6. The minimum Gasteiger partial charge on any atom is -0.298 e. The fraction of sp³-hybridized carbons (Fsp3) is 0.273. The number of Topliss-reactive ketones (excluding diaryl/α,β-unsaturated/α-hetero) is 1. The Hall–Kier alpha value is -1.44. The van der Waals surface area contributed by atoms with Gasteiger partial charge in [-0.25, -0.2) is 0 Å². The first-order valence-corrected chi connectivity index (χ1v) is 4.28. The summed E-state index contributed by atoms with van der Waals surface area (Å²) < 4.78 is 0. The number of carbonyl (C=O) groups excluding carboxylic acids is 2. The monoisotopic (exact) mass is 176 g/mol. The van der Waals surface area contributed by atoms with E-state index in [0.717, 1.165) is 18.3 Å². The van der Waals surface area contributed by atoms with Crippen LogP contribution in [0.1, 0.15) is 40.1 Å². The number of ketones is 1. The van der Waals surface area contributed by atoms with E-state index in [1.54, 1.807) is 12.1 Å². The van der Waals surface area contributed by atoms with Gasteiger partial charge in [-0.2, -0.15) is 0 Å². The summed E-state index contributed by atoms with van der Waals surface area (Å²) in [6.45, 7) is 3.51. The van der Waals surface area contributed by atoms with Crippen LogP contribution in [0.25, 0.3) is 0 Å². The second kappa shape index (κ2) is 3.99. The lowest BCUT2D eigenvalue weighted by atomic mass is 10.00. The molecule has 0 heterocycles. The van der Waals surface area contributed by atoms with Gasteiger partial charge in [-0.1, -0.05) is 19.1 Å². The first-order valence-electron chi connectivity index (χ1n) is 4.28. The fourth-order valence-electron chi connectivity index (χ4n) is 1.30. The normalized spacial score (nSPS) is 9.69. The first-order chi connectivity index (χ1) is 6.19. The van der Waals surface area contributed by atoms with Gasteiger partial charge in [0.25, 0.3) is 0 Å². The summed E-state index contributed by atoms with van der Waals surface area (Å²) in [5, 5.41) is 0. The van der Waals surface area contributed by atoms with Crippen LogP contribution in [0.5, 0.6) is 0 Å². The Kier molecular flexibility index (Phi) is 2.96. The largest absolute Gasteiger partial charge is 0.298 e. The quantitative estimate of drug-likeness (QED) is 0.523. The Bertz CT molecular complexity index is 340. The highest BCUT2D eigenvalue weighted by atomic mass is 16.1. The molecule has 0 spiro atoms. The minimum absolute atomic E-state index is 0.0144. The minimum atomic E-state index is 0.0144. The Morgan fingerprint density at radius 3 is 2.62 bits per heavy atom. The number of aryl methyl sites for hydroxylation is 1. The van der Waals surface area contributed by atoms with Crippen LogP contribution in [0.2, 0.25) is 0 Å². The van der Waals surface area contributed by atoms with Crippen LogP contribution < -0.4 is 0 Å². The third-order valence-corrected chi connectivity index (χ3v) is 2.03. The molecule has 68 valence electrons. The van der Waals surface area contributed by atoms with E-state index in [9.17, 15) is 9.59 Å². The third-order valence-electron chi connectivity index (χ3n) is 2.03. The molecule has 0 radical (unpaired) electrons. The van der Waals surface area contributed by atoms with E-state index in [-0.39, 0.29) is 5.78 Å². The average molecular weight is 176 g/mol. The van der Waals surface area contributed by atoms with E-state index in [1.165, 1.54) is 6.92 Å². The van der Waals surface area contributed by atoms with Gasteiger partial charge in [0.2, 0.25) is 0 Å². The molecule has 0 unspecified atom stereocenters. The Balaban J connectivity index is 3.25. The Morgan fingerprint density at radius 1 is 1.46 bits per heavy atom. The van der Waals surface area contributed by atoms with Crippen LogP contribution in [0.4, 0.5) is 0 Å². The molecule has 0 atom stereocenters. The molecule has 0 aliphatic rings. The number of carbonyl (C=O) groups is 2. The molecule has 0 N–H and O–H groups in total. The van der Waals surface area contributed by atoms with Gasteiger partial charge in [0.1, 0.15) is 6.29 Å². The molecule has 13 heavy (non-hydrogen) atoms. The van der Waals surface area contributed by atoms with Crippen molar-refractivity contribution < 1.29 is 9.59 Å². The van der Waals surface area contributed by atoms with Crippen LogP contribution in [-0.2, 0) is 6.42 Å². The maximum absolute atomic E-state index is 11.2. The summed E-state index contributed by atoms with van der Waals surface area (Å²) in [6.07, 6.45) is 1.57. The molecule has 0 aliphatic heterocycles. The fourth-order valence-corrected chi connectivity index (χ4v) is 1.30. The summed E-state index contributed by atoms with van der Waals surface area (Å²) in [5.74, 6) is 0.0144. The van der Waals surface area contributed by atoms with E-state index in [1.807, 2.05) is 13.0 Å². The van der Waals surface area contributed by atoms with Gasteiger partial charge in [-0.3, -0.25) is 9.59 Å². The van der Waals surface area contributed by atoms with Crippen molar-refractivity contribution in [3.8, 4) is 0 Å². The second-order valence-corrected chi connectivity index (χ2v) is 2.94. The van der Waals surface area contributed by atoms with Crippen LogP contribution in [0.3, 0.4) is 0 Å². The summed E-state index contributed by atoms with van der Waals surface area (Å²) in [6, 6.07) is 5.22. The van der Waals surface area contributed by atoms with E-state index in [2.05, 4.69) is 0 Å². The van der Waals surface area contributed by atoms with Gasteiger partial charge in [-0.05, 0) is 25.0 Å². The summed E-state index contributed by atoms with van der Waals surface area (Å²) in [5.41, 5.74) is 2.22. The van der Waals surface area contributed by atoms with Crippen LogP contribution in [0.15, 0.2) is 18.2 Å². The zero-order valence-electron chi connectivity index (χ0n) is 7.83. The number of aldehydes is 1. The highest BCUT2D eigenvalue weighted by Gasteiger charge is 2.05. The first kappa shape index (κ1) is 9.65. The second-order valence-electron chi connectivity index (χ2n) is 2.94. The molecule has 2 heteroatoms. The predicted octanol–water partition coefficient (Wildman–Crippen LogP) is 2.26. The molecule has 0 saturated heterocycles. The summed E-state index contributed by atoms with van der Waals surface area (Å²) >= 11 is 0. The molecular formula is C11H12O2. The molecule has 0 amide bonds. The third kappa shape index (κ3) is 2.02. The Morgan fingerprint density at radius 2 is 2.15 bits per heavy atom. The SMILES string of the molecule is CCc1ccc(C=O)cc1C(C)=O. The molecular weight excluding hydrogens is 164 g/mol. The van der Waals surface area contributed by atoms with Crippen molar-refractivity contribution in [1.82, 2.24) is 0 Å². The van der Waals surface area contributed by atoms with E-state index in [4.69, 9.17) is 0 Å². The maximum atomic E-state index is 11.2. The van der Waals surface area contributed by atoms with Crippen molar-refractivity contribution in [3.63, 3.8) is 0 Å². The van der Waals surface area contributed by atoms with Gasteiger partial charge in [0.15, 0.2) is 5.78 Å². The topological polar surface area (TPSA) is 34.1 Å². The van der Waals surface area contributed by atoms with Crippen molar-refractivity contribution >= 4 is 12.1 Å². The van der Waals surface area contributed by atoms with Gasteiger partial charge in [0, 0.05) is 11.1 Å². The van der Waals surface area contributed by atoms with Crippen molar-refractivity contribution in [2.45, 2.75) is 20.3 Å². The molecule has 1 rings (SSSR count). The van der Waals surface area contributed by atoms with E-state index >= 15 is 0 Å². The van der Waals surface area contributed by atoms with E-state index < -0.39 is 0 Å². The molecule has 1 aromatic carbocycles. The number of rotatable bonds is 3. The molecule has 1 aromatic rings. The molecule has 0 bridgehead atoms. The smallest absolute Gasteiger partial charge is 0.160 e. The maximum Gasteiger partial charge on any atom is 0.160 e. The molecule has 0 fully saturated rings. The van der Waals surface area contributed by atoms with Gasteiger partial charge < -0.3 is 0 Å². The van der Waals surface area contributed by atoms with Crippen molar-refractivity contribution in [1.29, 1.82) is 0 Å². The van der Waals surface area contributed by atoms with Crippen molar-refractivity contribution in [2.75, 3.05) is 0 Å². The zero-order valence-corrected chi connectivity index (χ0v) is 7.83. The molecule has 0 aliphatic carbocycles. The van der Waals surface area contributed by atoms with Crippen LogP contribution in [-0.4, -0.2) is 12.1 Å². The molecule has 2 nitrogen and oxygen atoms in total. The lowest BCUT2D eigenvalue weighted by Gasteiger charge is -2.04. The standard InChI is InChI=1S/C11H12O2/c1-3-10-5-4-9(7-12)6-11(10)8(2)13/h4-7H,3H2,1-2H3. The van der Waals surface area contributed by atoms with E-state index in [0.29, 0.717) is 11.1 Å². The van der Waals surface area contributed by atoms with Crippen molar-refractivity contribution in [3.05, 3.63) is 34.9 Å². The zero-order chi connectivity index (χ0) is 9.84. The average Bonchev–Trinajstić information content (AvgIpc) is 2.16. The van der Waals surface area contributed by atoms with Crippen LogP contribution in [0, 0.1) is 0 Å². The highest BCUT2D eigenvalue weighted by Crippen LogP contribution is 2.12. The highest BCUT2D eigenvalue weighted by molar-refractivity contribution is 5.97. The molecule has 0 aromatic heterocycles. The number of hydrogen-bond donors (Lipinski definition) is 0. The van der Waals surface area contributed by atoms with Gasteiger partial charge in [0.05, 0.1) is 0 Å². The lowest BCUT2D eigenvalue weighted by Crippen LogP contribution is -1.99. The molecule has 0 saturated carbocycles.